The third-order valence-corrected chi connectivity index (χ3v) is 4.51. The number of hydrazine groups is 1. The summed E-state index contributed by atoms with van der Waals surface area (Å²) >= 11 is 0. The second-order valence-electron chi connectivity index (χ2n) is 6.04. The topological polar surface area (TPSA) is 15.3 Å². The Hall–Kier alpha value is -0.0800. The molecule has 1 saturated carbocycles. The molecule has 0 radical (unpaired) electrons. The van der Waals surface area contributed by atoms with Gasteiger partial charge in [-0.15, -0.1) is 0 Å². The molecule has 2 heteroatoms. The van der Waals surface area contributed by atoms with Crippen molar-refractivity contribution in [3.63, 3.8) is 0 Å². The van der Waals surface area contributed by atoms with Gasteiger partial charge in [0.1, 0.15) is 0 Å². The van der Waals surface area contributed by atoms with E-state index in [4.69, 9.17) is 0 Å². The molecule has 17 heavy (non-hydrogen) atoms. The van der Waals surface area contributed by atoms with Gasteiger partial charge in [-0.25, -0.2) is 5.01 Å². The minimum atomic E-state index is 0.773. The van der Waals surface area contributed by atoms with Crippen molar-refractivity contribution in [2.75, 3.05) is 13.1 Å². The van der Waals surface area contributed by atoms with Crippen molar-refractivity contribution in [3.05, 3.63) is 0 Å². The molecule has 0 spiro atoms. The Morgan fingerprint density at radius 2 is 1.76 bits per heavy atom. The SMILES string of the molecule is CCCC1CCCC(NN2CCCCC2)CC1. The summed E-state index contributed by atoms with van der Waals surface area (Å²) in [6, 6.07) is 0.773. The number of rotatable bonds is 4. The molecule has 1 N–H and O–H groups in total. The van der Waals surface area contributed by atoms with E-state index in [1.807, 2.05) is 0 Å². The molecule has 2 nitrogen and oxygen atoms in total. The molecule has 0 bridgehead atoms. The van der Waals surface area contributed by atoms with Crippen LogP contribution in [0.25, 0.3) is 0 Å². The molecule has 1 aliphatic heterocycles. The van der Waals surface area contributed by atoms with E-state index in [2.05, 4.69) is 17.4 Å². The fourth-order valence-corrected chi connectivity index (χ4v) is 3.49. The molecule has 2 unspecified atom stereocenters. The summed E-state index contributed by atoms with van der Waals surface area (Å²) in [6.45, 7) is 4.87. The number of piperidine rings is 1. The van der Waals surface area contributed by atoms with Gasteiger partial charge in [-0.2, -0.15) is 0 Å². The van der Waals surface area contributed by atoms with Crippen LogP contribution >= 0.6 is 0 Å². The molecule has 2 aliphatic rings. The maximum Gasteiger partial charge on any atom is 0.0215 e. The van der Waals surface area contributed by atoms with E-state index in [1.54, 1.807) is 0 Å². The van der Waals surface area contributed by atoms with Crippen molar-refractivity contribution >= 4 is 0 Å². The largest absolute Gasteiger partial charge is 0.252 e. The van der Waals surface area contributed by atoms with Crippen LogP contribution in [0, 0.1) is 5.92 Å². The number of hydrogen-bond acceptors (Lipinski definition) is 2. The lowest BCUT2D eigenvalue weighted by Crippen LogP contribution is -2.47. The average molecular weight is 238 g/mol. The van der Waals surface area contributed by atoms with E-state index in [0.717, 1.165) is 12.0 Å². The summed E-state index contributed by atoms with van der Waals surface area (Å²) < 4.78 is 0. The molecule has 0 aromatic rings. The van der Waals surface area contributed by atoms with Crippen LogP contribution < -0.4 is 5.43 Å². The molecule has 0 aromatic carbocycles. The van der Waals surface area contributed by atoms with E-state index in [1.165, 1.54) is 77.3 Å². The van der Waals surface area contributed by atoms with Crippen molar-refractivity contribution < 1.29 is 0 Å². The molecule has 2 atom stereocenters. The van der Waals surface area contributed by atoms with Gasteiger partial charge in [0.2, 0.25) is 0 Å². The molecular weight excluding hydrogens is 208 g/mol. The summed E-state index contributed by atoms with van der Waals surface area (Å²) in [5.74, 6) is 1.02. The molecule has 1 aliphatic carbocycles. The Labute approximate surface area is 107 Å². The summed E-state index contributed by atoms with van der Waals surface area (Å²) in [4.78, 5) is 0. The second kappa shape index (κ2) is 7.38. The first-order chi connectivity index (χ1) is 8.38. The molecule has 1 heterocycles. The maximum absolute atomic E-state index is 3.79. The van der Waals surface area contributed by atoms with Gasteiger partial charge >= 0.3 is 0 Å². The lowest BCUT2D eigenvalue weighted by atomic mass is 9.95. The van der Waals surface area contributed by atoms with E-state index >= 15 is 0 Å². The van der Waals surface area contributed by atoms with Gasteiger partial charge in [0.25, 0.3) is 0 Å². The van der Waals surface area contributed by atoms with Crippen LogP contribution in [0.3, 0.4) is 0 Å². The predicted molar refractivity (Wildman–Crippen MR) is 73.8 cm³/mol. The summed E-state index contributed by atoms with van der Waals surface area (Å²) in [7, 11) is 0. The first-order valence-corrected chi connectivity index (χ1v) is 7.89. The Morgan fingerprint density at radius 3 is 2.53 bits per heavy atom. The van der Waals surface area contributed by atoms with E-state index in [0.29, 0.717) is 0 Å². The first-order valence-electron chi connectivity index (χ1n) is 7.89. The fourth-order valence-electron chi connectivity index (χ4n) is 3.49. The monoisotopic (exact) mass is 238 g/mol. The highest BCUT2D eigenvalue weighted by atomic mass is 15.5. The van der Waals surface area contributed by atoms with E-state index < -0.39 is 0 Å². The van der Waals surface area contributed by atoms with Gasteiger partial charge < -0.3 is 0 Å². The van der Waals surface area contributed by atoms with Crippen molar-refractivity contribution in [2.24, 2.45) is 5.92 Å². The van der Waals surface area contributed by atoms with Gasteiger partial charge in [0, 0.05) is 19.1 Å². The lowest BCUT2D eigenvalue weighted by Gasteiger charge is -2.31. The highest BCUT2D eigenvalue weighted by molar-refractivity contribution is 4.75. The van der Waals surface area contributed by atoms with Crippen molar-refractivity contribution in [1.82, 2.24) is 10.4 Å². The molecule has 0 amide bonds. The number of nitrogens with one attached hydrogen (secondary N) is 1. The normalized spacial score (nSPS) is 32.3. The Morgan fingerprint density at radius 1 is 0.941 bits per heavy atom. The minimum Gasteiger partial charge on any atom is -0.252 e. The lowest BCUT2D eigenvalue weighted by molar-refractivity contribution is 0.122. The van der Waals surface area contributed by atoms with Crippen LogP contribution in [0.1, 0.15) is 71.1 Å². The zero-order valence-electron chi connectivity index (χ0n) is 11.6. The molecule has 2 fully saturated rings. The van der Waals surface area contributed by atoms with Crippen molar-refractivity contribution in [1.29, 1.82) is 0 Å². The smallest absolute Gasteiger partial charge is 0.0215 e. The fraction of sp³-hybridized carbons (Fsp3) is 1.00. The number of nitrogens with zero attached hydrogens (tertiary/aromatic N) is 1. The highest BCUT2D eigenvalue weighted by Crippen LogP contribution is 2.27. The average Bonchev–Trinajstić information content (AvgIpc) is 2.57. The van der Waals surface area contributed by atoms with Crippen molar-refractivity contribution in [3.8, 4) is 0 Å². The van der Waals surface area contributed by atoms with Crippen LogP contribution in [0.4, 0.5) is 0 Å². The minimum absolute atomic E-state index is 0.773. The Kier molecular flexibility index (Phi) is 5.79. The highest BCUT2D eigenvalue weighted by Gasteiger charge is 2.20. The molecular formula is C15H30N2. The molecule has 1 saturated heterocycles. The van der Waals surface area contributed by atoms with Gasteiger partial charge in [-0.1, -0.05) is 39.0 Å². The van der Waals surface area contributed by atoms with Crippen LogP contribution in [-0.2, 0) is 0 Å². The Balaban J connectivity index is 1.70. The summed E-state index contributed by atoms with van der Waals surface area (Å²) in [5, 5.41) is 2.49. The van der Waals surface area contributed by atoms with Gasteiger partial charge in [-0.05, 0) is 38.0 Å². The second-order valence-corrected chi connectivity index (χ2v) is 6.04. The standard InChI is InChI=1S/C15H30N2/c1-2-7-14-8-6-9-15(11-10-14)16-17-12-4-3-5-13-17/h14-16H,2-13H2,1H3. The number of hydrogen-bond donors (Lipinski definition) is 1. The molecule has 100 valence electrons. The van der Waals surface area contributed by atoms with Gasteiger partial charge in [0.15, 0.2) is 0 Å². The van der Waals surface area contributed by atoms with Crippen LogP contribution in [-0.4, -0.2) is 24.1 Å². The third kappa shape index (κ3) is 4.59. The van der Waals surface area contributed by atoms with E-state index in [-0.39, 0.29) is 0 Å². The first kappa shape index (κ1) is 13.4. The van der Waals surface area contributed by atoms with E-state index in [9.17, 15) is 0 Å². The third-order valence-electron chi connectivity index (χ3n) is 4.51. The van der Waals surface area contributed by atoms with Gasteiger partial charge in [-0.3, -0.25) is 5.43 Å². The summed E-state index contributed by atoms with van der Waals surface area (Å²) in [6.07, 6.45) is 14.2. The van der Waals surface area contributed by atoms with Crippen LogP contribution in [0.2, 0.25) is 0 Å². The summed E-state index contributed by atoms with van der Waals surface area (Å²) in [5.41, 5.74) is 3.79. The zero-order chi connectivity index (χ0) is 11.9. The van der Waals surface area contributed by atoms with Crippen molar-refractivity contribution in [2.45, 2.75) is 77.2 Å². The van der Waals surface area contributed by atoms with Gasteiger partial charge in [0.05, 0.1) is 0 Å². The maximum atomic E-state index is 3.79. The molecule has 2 rings (SSSR count). The molecule has 0 aromatic heterocycles. The Bertz CT molecular complexity index is 199. The van der Waals surface area contributed by atoms with Crippen LogP contribution in [0.5, 0.6) is 0 Å². The quantitative estimate of drug-likeness (QED) is 0.751. The zero-order valence-corrected chi connectivity index (χ0v) is 11.6. The predicted octanol–water partition coefficient (Wildman–Crippen LogP) is 3.73. The van der Waals surface area contributed by atoms with Crippen LogP contribution in [0.15, 0.2) is 0 Å².